The Morgan fingerprint density at radius 1 is 1.63 bits per heavy atom. The highest BCUT2D eigenvalue weighted by Gasteiger charge is 2.06. The van der Waals surface area contributed by atoms with Crippen molar-refractivity contribution in [2.75, 3.05) is 7.11 Å². The van der Waals surface area contributed by atoms with Gasteiger partial charge in [0.05, 0.1) is 18.4 Å². The summed E-state index contributed by atoms with van der Waals surface area (Å²) < 4.78 is 4.60. The second-order valence-corrected chi connectivity index (χ2v) is 3.16. The molecular weight excluding hydrogens is 256 g/mol. The quantitative estimate of drug-likeness (QED) is 0.182. The first kappa shape index (κ1) is 16.3. The number of ether oxygens (including phenoxy) is 1. The van der Waals surface area contributed by atoms with Gasteiger partial charge in [0, 0.05) is 0 Å². The number of carbonyl (C=O) groups is 1. The maximum atomic E-state index is 11.2. The molecule has 0 radical (unpaired) electrons. The zero-order chi connectivity index (χ0) is 14.8. The lowest BCUT2D eigenvalue weighted by Crippen LogP contribution is -2.18. The van der Waals surface area contributed by atoms with Crippen LogP contribution in [0.25, 0.3) is 0 Å². The van der Waals surface area contributed by atoms with Gasteiger partial charge >= 0.3 is 5.97 Å². The number of esters is 1. The average Bonchev–Trinajstić information content (AvgIpc) is 2.36. The minimum atomic E-state index is -1.50. The van der Waals surface area contributed by atoms with Crippen LogP contribution in [-0.4, -0.2) is 29.7 Å². The molecule has 0 saturated heterocycles. The summed E-state index contributed by atoms with van der Waals surface area (Å²) in [7, 11) is 1.34. The minimum Gasteiger partial charge on any atom is -0.465 e. The van der Waals surface area contributed by atoms with E-state index in [0.717, 1.165) is 5.56 Å². The zero-order valence-electron chi connectivity index (χ0n) is 10.4. The van der Waals surface area contributed by atoms with E-state index in [1.54, 1.807) is 18.2 Å². The van der Waals surface area contributed by atoms with Gasteiger partial charge in [-0.05, 0) is 24.6 Å². The molecule has 0 spiro atoms. The van der Waals surface area contributed by atoms with Crippen LogP contribution in [0.15, 0.2) is 23.2 Å². The first-order chi connectivity index (χ1) is 8.92. The van der Waals surface area contributed by atoms with Crippen LogP contribution >= 0.6 is 0 Å². The van der Waals surface area contributed by atoms with E-state index < -0.39 is 5.09 Å². The van der Waals surface area contributed by atoms with Crippen molar-refractivity contribution in [1.82, 2.24) is 5.43 Å². The molecule has 9 heteroatoms. The molecule has 0 aromatic heterocycles. The lowest BCUT2D eigenvalue weighted by Gasteiger charge is -2.03. The summed E-state index contributed by atoms with van der Waals surface area (Å²) in [6.45, 7) is 1.89. The summed E-state index contributed by atoms with van der Waals surface area (Å²) in [4.78, 5) is 23.6. The van der Waals surface area contributed by atoms with Crippen LogP contribution in [-0.2, 0) is 4.74 Å². The molecule has 0 amide bonds. The molecule has 9 nitrogen and oxygen atoms in total. The Bertz CT molecular complexity index is 471. The molecule has 0 saturated carbocycles. The minimum absolute atomic E-state index is 0.382. The fourth-order valence-electron chi connectivity index (χ4n) is 1.10. The van der Waals surface area contributed by atoms with E-state index in [-0.39, 0.29) is 5.97 Å². The molecule has 19 heavy (non-hydrogen) atoms. The predicted octanol–water partition coefficient (Wildman–Crippen LogP) is 0.557. The molecular formula is C10H14N4O5. The first-order valence-electron chi connectivity index (χ1n) is 4.93. The van der Waals surface area contributed by atoms with Gasteiger partial charge in [0.25, 0.3) is 5.09 Å². The summed E-state index contributed by atoms with van der Waals surface area (Å²) in [5.74, 6) is 4.68. The van der Waals surface area contributed by atoms with Gasteiger partial charge < -0.3 is 15.4 Å². The smallest absolute Gasteiger partial charge is 0.337 e. The van der Waals surface area contributed by atoms with Crippen LogP contribution in [0.4, 0.5) is 5.69 Å². The number of aliphatic imine (C=N–C) groups is 1. The summed E-state index contributed by atoms with van der Waals surface area (Å²) in [6, 6.07) is 5.14. The Hall–Kier alpha value is -2.68. The molecule has 0 aliphatic rings. The number of nitrogens with two attached hydrogens (primary N) is 1. The van der Waals surface area contributed by atoms with Gasteiger partial charge in [-0.2, -0.15) is 0 Å². The number of benzene rings is 1. The number of nitrogens with zero attached hydrogens (tertiary/aromatic N) is 2. The fraction of sp³-hybridized carbons (Fsp3) is 0.200. The van der Waals surface area contributed by atoms with Crippen molar-refractivity contribution in [1.29, 1.82) is 0 Å². The second-order valence-electron chi connectivity index (χ2n) is 3.16. The molecule has 1 aromatic rings. The number of methoxy groups -OCH3 is 1. The van der Waals surface area contributed by atoms with E-state index in [1.807, 2.05) is 6.92 Å². The van der Waals surface area contributed by atoms with E-state index in [1.165, 1.54) is 13.4 Å². The van der Waals surface area contributed by atoms with Crippen molar-refractivity contribution in [3.05, 3.63) is 39.4 Å². The summed E-state index contributed by atoms with van der Waals surface area (Å²) in [5.41, 5.74) is 4.39. The normalized spacial score (nSPS) is 9.42. The standard InChI is InChI=1S/C10H13N3O2.HNO3/c1-7-3-4-8(10(14)15-2)5-9(7)12-6-13-11;2-1(3)4/h3-6H,11H2,1-2H3,(H,12,13);(H,2,3,4). The van der Waals surface area contributed by atoms with Crippen LogP contribution in [0.5, 0.6) is 0 Å². The van der Waals surface area contributed by atoms with Crippen molar-refractivity contribution in [2.24, 2.45) is 10.8 Å². The maximum absolute atomic E-state index is 11.2. The molecule has 4 N–H and O–H groups in total. The monoisotopic (exact) mass is 270 g/mol. The molecule has 1 aromatic carbocycles. The highest BCUT2D eigenvalue weighted by Crippen LogP contribution is 2.19. The van der Waals surface area contributed by atoms with Gasteiger partial charge in [-0.3, -0.25) is 0 Å². The Kier molecular flexibility index (Phi) is 7.23. The van der Waals surface area contributed by atoms with Crippen molar-refractivity contribution in [2.45, 2.75) is 6.92 Å². The Balaban J connectivity index is 0.000000711. The molecule has 0 bridgehead atoms. The number of nitrogens with one attached hydrogen (secondary N) is 1. The first-order valence-corrected chi connectivity index (χ1v) is 4.93. The summed E-state index contributed by atoms with van der Waals surface area (Å²) >= 11 is 0. The third kappa shape index (κ3) is 6.58. The Morgan fingerprint density at radius 3 is 2.68 bits per heavy atom. The van der Waals surface area contributed by atoms with Gasteiger partial charge in [-0.25, -0.2) is 15.6 Å². The van der Waals surface area contributed by atoms with E-state index in [9.17, 15) is 4.79 Å². The van der Waals surface area contributed by atoms with Crippen LogP contribution in [0.2, 0.25) is 0 Å². The molecule has 0 aliphatic heterocycles. The number of hydrazine groups is 1. The summed E-state index contributed by atoms with van der Waals surface area (Å²) in [6.07, 6.45) is 1.35. The molecule has 104 valence electrons. The van der Waals surface area contributed by atoms with E-state index in [4.69, 9.17) is 21.2 Å². The van der Waals surface area contributed by atoms with Crippen LogP contribution in [0, 0.1) is 17.0 Å². The predicted molar refractivity (Wildman–Crippen MR) is 66.8 cm³/mol. The lowest BCUT2D eigenvalue weighted by atomic mass is 10.1. The highest BCUT2D eigenvalue weighted by molar-refractivity contribution is 5.90. The highest BCUT2D eigenvalue weighted by atomic mass is 16.9. The van der Waals surface area contributed by atoms with E-state index in [0.29, 0.717) is 11.3 Å². The second kappa shape index (κ2) is 8.42. The molecule has 0 fully saturated rings. The zero-order valence-corrected chi connectivity index (χ0v) is 10.4. The Labute approximate surface area is 108 Å². The third-order valence-electron chi connectivity index (χ3n) is 1.91. The molecule has 0 heterocycles. The molecule has 0 unspecified atom stereocenters. The largest absolute Gasteiger partial charge is 0.465 e. The van der Waals surface area contributed by atoms with Crippen molar-refractivity contribution in [3.8, 4) is 0 Å². The van der Waals surface area contributed by atoms with Gasteiger partial charge in [-0.1, -0.05) is 6.07 Å². The summed E-state index contributed by atoms with van der Waals surface area (Å²) in [5, 5.41) is 13.6. The van der Waals surface area contributed by atoms with Crippen molar-refractivity contribution >= 4 is 18.0 Å². The number of carbonyl (C=O) groups excluding carboxylic acids is 1. The van der Waals surface area contributed by atoms with Gasteiger partial charge in [0.2, 0.25) is 0 Å². The number of aryl methyl sites for hydroxylation is 1. The van der Waals surface area contributed by atoms with E-state index >= 15 is 0 Å². The Morgan fingerprint density at radius 2 is 2.21 bits per heavy atom. The van der Waals surface area contributed by atoms with Gasteiger partial charge in [-0.15, -0.1) is 10.1 Å². The van der Waals surface area contributed by atoms with Crippen molar-refractivity contribution < 1.29 is 19.8 Å². The number of hydrogen-bond donors (Lipinski definition) is 3. The molecule has 0 atom stereocenters. The average molecular weight is 270 g/mol. The van der Waals surface area contributed by atoms with Crippen LogP contribution in [0.1, 0.15) is 15.9 Å². The third-order valence-corrected chi connectivity index (χ3v) is 1.91. The van der Waals surface area contributed by atoms with Gasteiger partial charge in [0.15, 0.2) is 0 Å². The number of hydrogen-bond acceptors (Lipinski definition) is 6. The van der Waals surface area contributed by atoms with Crippen molar-refractivity contribution in [3.63, 3.8) is 0 Å². The lowest BCUT2D eigenvalue weighted by molar-refractivity contribution is -0.742. The van der Waals surface area contributed by atoms with Gasteiger partial charge in [0.1, 0.15) is 6.34 Å². The molecule has 1 rings (SSSR count). The van der Waals surface area contributed by atoms with Crippen LogP contribution in [0.3, 0.4) is 0 Å². The fourth-order valence-corrected chi connectivity index (χ4v) is 1.10. The SMILES string of the molecule is COC(=O)c1ccc(C)c(N=CNN)c1.O=[N+]([O-])O. The number of rotatable bonds is 3. The van der Waals surface area contributed by atoms with E-state index in [2.05, 4.69) is 15.2 Å². The van der Waals surface area contributed by atoms with Crippen LogP contribution < -0.4 is 11.3 Å². The molecule has 0 aliphatic carbocycles. The maximum Gasteiger partial charge on any atom is 0.337 e. The topological polar surface area (TPSA) is 140 Å².